The van der Waals surface area contributed by atoms with Crippen molar-refractivity contribution in [3.05, 3.63) is 47.5 Å². The number of Topliss-reactive ketones (excluding diaryl/α,β-unsaturated/α-hetero) is 1. The van der Waals surface area contributed by atoms with Crippen molar-refractivity contribution in [1.29, 1.82) is 0 Å². The van der Waals surface area contributed by atoms with Gasteiger partial charge >= 0.3 is 29.6 Å². The maximum absolute atomic E-state index is 12.7. The average Bonchev–Trinajstić information content (AvgIpc) is 2.58. The molecular weight excluding hydrogens is 443 g/mol. The van der Waals surface area contributed by atoms with Gasteiger partial charge in [0, 0.05) is 19.8 Å². The second-order valence-electron chi connectivity index (χ2n) is 6.03. The molecule has 158 valence electrons. The van der Waals surface area contributed by atoms with Gasteiger partial charge in [-0.1, -0.05) is 30.3 Å². The first-order chi connectivity index (χ1) is 12.7. The maximum atomic E-state index is 12.7. The number of hydrogen-bond acceptors (Lipinski definition) is 9. The van der Waals surface area contributed by atoms with Crippen molar-refractivity contribution in [2.24, 2.45) is 0 Å². The van der Waals surface area contributed by atoms with Crippen LogP contribution in [0.5, 0.6) is 0 Å². The minimum Gasteiger partial charge on any atom is -1.00 e. The van der Waals surface area contributed by atoms with Gasteiger partial charge in [-0.15, -0.1) is 0 Å². The van der Waals surface area contributed by atoms with Gasteiger partial charge in [0.25, 0.3) is 24.3 Å². The van der Waals surface area contributed by atoms with Gasteiger partial charge in [0.2, 0.25) is 5.79 Å². The first-order valence-electron chi connectivity index (χ1n) is 7.51. The quantitative estimate of drug-likeness (QED) is 0.142. The first-order valence-corrected chi connectivity index (χ1v) is 10.4. The number of aliphatic hydroxyl groups is 2. The number of ketones is 1. The van der Waals surface area contributed by atoms with Crippen LogP contribution in [0.1, 0.15) is 18.2 Å². The molecule has 0 aliphatic heterocycles. The van der Waals surface area contributed by atoms with Crippen LogP contribution in [-0.2, 0) is 29.7 Å². The van der Waals surface area contributed by atoms with E-state index in [2.05, 4.69) is 0 Å². The van der Waals surface area contributed by atoms with Crippen LogP contribution in [-0.4, -0.2) is 71.8 Å². The molecule has 0 fully saturated rings. The van der Waals surface area contributed by atoms with Crippen LogP contribution >= 0.6 is 0 Å². The molecule has 4 N–H and O–H groups in total. The molecule has 0 aromatic heterocycles. The molecule has 11 nitrogen and oxygen atoms in total. The summed E-state index contributed by atoms with van der Waals surface area (Å²) in [4.78, 5) is 12.7. The summed E-state index contributed by atoms with van der Waals surface area (Å²) in [5.41, 5.74) is -1.28. The van der Waals surface area contributed by atoms with E-state index in [-0.39, 0.29) is 42.6 Å². The molecule has 29 heavy (non-hydrogen) atoms. The van der Waals surface area contributed by atoms with Crippen LogP contribution in [0.25, 0.3) is 0 Å². The zero-order valence-corrected chi connectivity index (χ0v) is 19.3. The number of carbonyl (C=O) groups is 1. The molecule has 0 spiro atoms. The maximum Gasteiger partial charge on any atom is 1.00 e. The number of ether oxygens (including phenoxy) is 2. The fourth-order valence-electron chi connectivity index (χ4n) is 3.14. The standard InChI is InChI=1S/C15H18O11S2.Na.H/c1-25-14(26-2)9-13(17,18)11(12(16)10-6-4-3-5-7-10)8-15(14,27(19,20)21)28(22,23)24;;/h3-8,17-18H,9H2,1-2H3,(H,19,20,21)(H,22,23,24);;/q;+1;-1. The second kappa shape index (κ2) is 8.43. The van der Waals surface area contributed by atoms with E-state index in [0.717, 1.165) is 14.2 Å². The molecule has 0 heterocycles. The summed E-state index contributed by atoms with van der Waals surface area (Å²) in [6, 6.07) is 6.87. The van der Waals surface area contributed by atoms with Gasteiger partial charge in [-0.3, -0.25) is 13.9 Å². The topological polar surface area (TPSA) is 185 Å². The molecule has 1 aliphatic carbocycles. The van der Waals surface area contributed by atoms with Gasteiger partial charge < -0.3 is 21.1 Å². The normalized spacial score (nSPS) is 20.3. The summed E-state index contributed by atoms with van der Waals surface area (Å²) in [5.74, 6) is -7.32. The third-order valence-electron chi connectivity index (χ3n) is 4.48. The fourth-order valence-corrected chi connectivity index (χ4v) is 6.00. The summed E-state index contributed by atoms with van der Waals surface area (Å²) in [6.07, 6.45) is -1.35. The zero-order chi connectivity index (χ0) is 21.6. The predicted octanol–water partition coefficient (Wildman–Crippen LogP) is -3.54. The monoisotopic (exact) mass is 462 g/mol. The van der Waals surface area contributed by atoms with Crippen molar-refractivity contribution >= 4 is 26.0 Å². The Morgan fingerprint density at radius 2 is 1.45 bits per heavy atom. The van der Waals surface area contributed by atoms with Crippen LogP contribution in [0, 0.1) is 0 Å². The summed E-state index contributed by atoms with van der Waals surface area (Å²) >= 11 is 0. The molecule has 0 unspecified atom stereocenters. The zero-order valence-electron chi connectivity index (χ0n) is 16.6. The predicted molar refractivity (Wildman–Crippen MR) is 94.3 cm³/mol. The Hall–Kier alpha value is -0.710. The third-order valence-corrected chi connectivity index (χ3v) is 8.14. The van der Waals surface area contributed by atoms with Gasteiger partial charge in [0.1, 0.15) is 0 Å². The van der Waals surface area contributed by atoms with Crippen molar-refractivity contribution < 1.29 is 81.4 Å². The van der Waals surface area contributed by atoms with E-state index in [0.29, 0.717) is 0 Å². The minimum atomic E-state index is -5.81. The molecule has 1 aliphatic rings. The number of rotatable bonds is 6. The van der Waals surface area contributed by atoms with E-state index in [1.807, 2.05) is 0 Å². The molecule has 0 atom stereocenters. The smallest absolute Gasteiger partial charge is 1.00 e. The molecule has 0 amide bonds. The van der Waals surface area contributed by atoms with Crippen LogP contribution in [0.15, 0.2) is 42.0 Å². The summed E-state index contributed by atoms with van der Waals surface area (Å²) in [7, 11) is -10.1. The van der Waals surface area contributed by atoms with Crippen molar-refractivity contribution in [2.75, 3.05) is 14.2 Å². The third kappa shape index (κ3) is 4.09. The van der Waals surface area contributed by atoms with Crippen LogP contribution in [0.3, 0.4) is 0 Å². The molecule has 0 radical (unpaired) electrons. The van der Waals surface area contributed by atoms with Crippen LogP contribution in [0.2, 0.25) is 0 Å². The number of hydrogen-bond donors (Lipinski definition) is 4. The molecule has 2 rings (SSSR count). The van der Waals surface area contributed by atoms with Gasteiger partial charge in [-0.05, 0) is 6.08 Å². The molecule has 0 saturated heterocycles. The molecule has 14 heteroatoms. The van der Waals surface area contributed by atoms with Gasteiger partial charge in [-0.25, -0.2) is 0 Å². The van der Waals surface area contributed by atoms with E-state index in [1.54, 1.807) is 6.07 Å². The second-order valence-corrected chi connectivity index (χ2v) is 9.47. The van der Waals surface area contributed by atoms with Crippen LogP contribution in [0.4, 0.5) is 0 Å². The Morgan fingerprint density at radius 3 is 1.83 bits per heavy atom. The molecular formula is C15H19NaO11S2. The van der Waals surface area contributed by atoms with Gasteiger partial charge in [0.15, 0.2) is 11.6 Å². The molecule has 1 aromatic rings. The average molecular weight is 462 g/mol. The van der Waals surface area contributed by atoms with E-state index in [1.165, 1.54) is 24.3 Å². The summed E-state index contributed by atoms with van der Waals surface area (Å²) in [5, 5.41) is 20.8. The fraction of sp³-hybridized carbons (Fsp3) is 0.400. The van der Waals surface area contributed by atoms with E-state index >= 15 is 0 Å². The van der Waals surface area contributed by atoms with Crippen molar-refractivity contribution in [1.82, 2.24) is 0 Å². The molecule has 0 saturated carbocycles. The summed E-state index contributed by atoms with van der Waals surface area (Å²) < 4.78 is 73.8. The Bertz CT molecular complexity index is 984. The van der Waals surface area contributed by atoms with Crippen molar-refractivity contribution in [3.63, 3.8) is 0 Å². The Balaban J connectivity index is 0.00000420. The first kappa shape index (κ1) is 26.3. The van der Waals surface area contributed by atoms with Crippen molar-refractivity contribution in [3.8, 4) is 0 Å². The molecule has 1 aromatic carbocycles. The Kier molecular flexibility index (Phi) is 7.66. The van der Waals surface area contributed by atoms with E-state index < -0.39 is 53.7 Å². The minimum absolute atomic E-state index is 0. The van der Waals surface area contributed by atoms with E-state index in [9.17, 15) is 40.9 Å². The van der Waals surface area contributed by atoms with Crippen molar-refractivity contribution in [2.45, 2.75) is 22.1 Å². The molecule has 0 bridgehead atoms. The van der Waals surface area contributed by atoms with E-state index in [4.69, 9.17) is 9.47 Å². The Morgan fingerprint density at radius 1 is 1.00 bits per heavy atom. The summed E-state index contributed by atoms with van der Waals surface area (Å²) in [6.45, 7) is 0. The van der Waals surface area contributed by atoms with Gasteiger partial charge in [0.05, 0.1) is 12.0 Å². The largest absolute Gasteiger partial charge is 1.00 e. The SMILES string of the molecule is COC1(OC)CC(O)(O)C(C(=O)c2ccccc2)=CC1(S(=O)(=O)O)S(=O)(=O)O.[H-].[Na+]. The number of carbonyl (C=O) groups excluding carboxylic acids is 1. The van der Waals surface area contributed by atoms with Crippen LogP contribution < -0.4 is 29.6 Å². The van der Waals surface area contributed by atoms with Gasteiger partial charge in [-0.2, -0.15) is 16.8 Å². The number of benzene rings is 1. The Labute approximate surface area is 190 Å². The number of methoxy groups -OCH3 is 2.